The summed E-state index contributed by atoms with van der Waals surface area (Å²) in [4.78, 5) is 19.4. The van der Waals surface area contributed by atoms with Gasteiger partial charge in [-0.3, -0.25) is 4.79 Å². The molecule has 1 aromatic carbocycles. The number of nitrogens with zero attached hydrogens (tertiary/aromatic N) is 3. The molecule has 6 nitrogen and oxygen atoms in total. The number of morpholine rings is 1. The van der Waals surface area contributed by atoms with E-state index in [0.717, 1.165) is 4.90 Å². The minimum absolute atomic E-state index is 0.0737. The fourth-order valence-corrected chi connectivity index (χ4v) is 3.34. The van der Waals surface area contributed by atoms with Crippen molar-refractivity contribution < 1.29 is 14.1 Å². The van der Waals surface area contributed by atoms with Gasteiger partial charge in [-0.05, 0) is 24.3 Å². The summed E-state index contributed by atoms with van der Waals surface area (Å²) in [5.41, 5.74) is 0. The molecule has 0 N–H and O–H groups in total. The van der Waals surface area contributed by atoms with E-state index in [1.807, 2.05) is 24.3 Å². The fourth-order valence-electron chi connectivity index (χ4n) is 2.37. The molecule has 3 rings (SSSR count). The molecule has 2 heterocycles. The number of carbonyl (C=O) groups is 1. The summed E-state index contributed by atoms with van der Waals surface area (Å²) >= 11 is 7.49. The summed E-state index contributed by atoms with van der Waals surface area (Å²) in [6, 6.07) is 7.33. The summed E-state index contributed by atoms with van der Waals surface area (Å²) in [5.74, 6) is 1.27. The molecular formula is C15H16ClN3O3S. The maximum Gasteiger partial charge on any atom is 0.224 e. The Labute approximate surface area is 143 Å². The number of rotatable bonds is 5. The van der Waals surface area contributed by atoms with E-state index >= 15 is 0 Å². The molecular weight excluding hydrogens is 338 g/mol. The summed E-state index contributed by atoms with van der Waals surface area (Å²) in [6.07, 6.45) is 1.71. The van der Waals surface area contributed by atoms with Crippen LogP contribution in [0.3, 0.4) is 0 Å². The molecule has 8 heteroatoms. The third-order valence-corrected chi connectivity index (χ3v) is 4.79. The van der Waals surface area contributed by atoms with Gasteiger partial charge < -0.3 is 14.2 Å². The van der Waals surface area contributed by atoms with E-state index in [1.165, 1.54) is 6.39 Å². The highest BCUT2D eigenvalue weighted by atomic mass is 35.5. The molecule has 0 bridgehead atoms. The Morgan fingerprint density at radius 1 is 1.39 bits per heavy atom. The summed E-state index contributed by atoms with van der Waals surface area (Å²) in [5, 5.41) is 4.54. The van der Waals surface area contributed by atoms with Gasteiger partial charge in [0.25, 0.3) is 0 Å². The van der Waals surface area contributed by atoms with Crippen molar-refractivity contribution in [2.75, 3.05) is 25.5 Å². The standard InChI is InChI=1S/C15H16ClN3O3S/c16-11-1-3-12(4-2-11)23-8-5-14(20)19-6-7-21-9-13(19)15-17-10-22-18-15/h1-4,10,13H,5-9H2/t13-/m1/s1. The molecule has 0 aliphatic carbocycles. The van der Waals surface area contributed by atoms with E-state index in [4.69, 9.17) is 20.9 Å². The largest absolute Gasteiger partial charge is 0.377 e. The van der Waals surface area contributed by atoms with Gasteiger partial charge in [-0.1, -0.05) is 16.8 Å². The maximum atomic E-state index is 12.5. The fraction of sp³-hybridized carbons (Fsp3) is 0.400. The van der Waals surface area contributed by atoms with Crippen molar-refractivity contribution >= 4 is 29.3 Å². The average molecular weight is 354 g/mol. The zero-order chi connectivity index (χ0) is 16.1. The van der Waals surface area contributed by atoms with E-state index in [0.29, 0.717) is 42.8 Å². The predicted octanol–water partition coefficient (Wildman–Crippen LogP) is 2.81. The zero-order valence-electron chi connectivity index (χ0n) is 12.4. The van der Waals surface area contributed by atoms with Gasteiger partial charge in [0.1, 0.15) is 6.04 Å². The second-order valence-electron chi connectivity index (χ2n) is 5.02. The molecule has 2 aromatic rings. The first kappa shape index (κ1) is 16.3. The van der Waals surface area contributed by atoms with Crippen molar-refractivity contribution in [3.8, 4) is 0 Å². The molecule has 1 saturated heterocycles. The highest BCUT2D eigenvalue weighted by Gasteiger charge is 2.31. The quantitative estimate of drug-likeness (QED) is 0.770. The van der Waals surface area contributed by atoms with Crippen LogP contribution in [0.5, 0.6) is 0 Å². The van der Waals surface area contributed by atoms with E-state index in [1.54, 1.807) is 16.7 Å². The van der Waals surface area contributed by atoms with Crippen LogP contribution in [0.25, 0.3) is 0 Å². The lowest BCUT2D eigenvalue weighted by Crippen LogP contribution is -2.44. The first-order chi connectivity index (χ1) is 11.2. The SMILES string of the molecule is O=C(CCSc1ccc(Cl)cc1)N1CCOC[C@@H]1c1ncon1. The predicted molar refractivity (Wildman–Crippen MR) is 86.4 cm³/mol. The third kappa shape index (κ3) is 4.25. The highest BCUT2D eigenvalue weighted by molar-refractivity contribution is 7.99. The van der Waals surface area contributed by atoms with Gasteiger partial charge >= 0.3 is 0 Å². The minimum Gasteiger partial charge on any atom is -0.377 e. The molecule has 0 radical (unpaired) electrons. The molecule has 1 aliphatic heterocycles. The third-order valence-electron chi connectivity index (χ3n) is 3.52. The van der Waals surface area contributed by atoms with Crippen molar-refractivity contribution in [3.05, 3.63) is 41.5 Å². The van der Waals surface area contributed by atoms with Crippen molar-refractivity contribution in [3.63, 3.8) is 0 Å². The normalized spacial score (nSPS) is 18.1. The number of hydrogen-bond donors (Lipinski definition) is 0. The van der Waals surface area contributed by atoms with Crippen molar-refractivity contribution in [1.82, 2.24) is 15.0 Å². The van der Waals surface area contributed by atoms with Crippen LogP contribution in [0.2, 0.25) is 5.02 Å². The molecule has 1 amide bonds. The number of amides is 1. The van der Waals surface area contributed by atoms with Gasteiger partial charge in [0, 0.05) is 28.6 Å². The van der Waals surface area contributed by atoms with Gasteiger partial charge in [-0.25, -0.2) is 0 Å². The Kier molecular flexibility index (Phi) is 5.53. The van der Waals surface area contributed by atoms with Crippen LogP contribution in [0.4, 0.5) is 0 Å². The van der Waals surface area contributed by atoms with Crippen LogP contribution in [-0.4, -0.2) is 46.5 Å². The monoisotopic (exact) mass is 353 g/mol. The van der Waals surface area contributed by atoms with Gasteiger partial charge in [-0.2, -0.15) is 4.98 Å². The Morgan fingerprint density at radius 2 is 2.22 bits per heavy atom. The van der Waals surface area contributed by atoms with E-state index in [-0.39, 0.29) is 11.9 Å². The number of hydrogen-bond acceptors (Lipinski definition) is 6. The van der Waals surface area contributed by atoms with Gasteiger partial charge in [-0.15, -0.1) is 11.8 Å². The van der Waals surface area contributed by atoms with E-state index in [9.17, 15) is 4.79 Å². The smallest absolute Gasteiger partial charge is 0.224 e. The lowest BCUT2D eigenvalue weighted by Gasteiger charge is -2.33. The summed E-state index contributed by atoms with van der Waals surface area (Å²) < 4.78 is 10.2. The Morgan fingerprint density at radius 3 is 2.96 bits per heavy atom. The number of aromatic nitrogens is 2. The molecule has 1 aliphatic rings. The molecule has 1 atom stereocenters. The summed E-state index contributed by atoms with van der Waals surface area (Å²) in [7, 11) is 0. The Balaban J connectivity index is 1.55. The van der Waals surface area contributed by atoms with Crippen molar-refractivity contribution in [2.45, 2.75) is 17.4 Å². The van der Waals surface area contributed by atoms with E-state index < -0.39 is 0 Å². The number of ether oxygens (including phenoxy) is 1. The van der Waals surface area contributed by atoms with Crippen LogP contribution in [0.15, 0.2) is 40.1 Å². The topological polar surface area (TPSA) is 68.5 Å². The molecule has 0 spiro atoms. The number of benzene rings is 1. The van der Waals surface area contributed by atoms with Crippen molar-refractivity contribution in [2.24, 2.45) is 0 Å². The number of thioether (sulfide) groups is 1. The lowest BCUT2D eigenvalue weighted by atomic mass is 10.2. The van der Waals surface area contributed by atoms with Gasteiger partial charge in [0.15, 0.2) is 5.82 Å². The Bertz CT molecular complexity index is 636. The highest BCUT2D eigenvalue weighted by Crippen LogP contribution is 2.24. The van der Waals surface area contributed by atoms with Crippen LogP contribution >= 0.6 is 23.4 Å². The molecule has 122 valence electrons. The molecule has 0 unspecified atom stereocenters. The number of carbonyl (C=O) groups excluding carboxylic acids is 1. The second kappa shape index (κ2) is 7.81. The number of halogens is 1. The van der Waals surface area contributed by atoms with Crippen LogP contribution in [0.1, 0.15) is 18.3 Å². The van der Waals surface area contributed by atoms with Crippen LogP contribution in [0, 0.1) is 0 Å². The Hall–Kier alpha value is -1.57. The minimum atomic E-state index is -0.268. The molecule has 1 fully saturated rings. The first-order valence-electron chi connectivity index (χ1n) is 7.26. The maximum absolute atomic E-state index is 12.5. The summed E-state index contributed by atoms with van der Waals surface area (Å²) in [6.45, 7) is 1.48. The molecule has 1 aromatic heterocycles. The molecule has 0 saturated carbocycles. The van der Waals surface area contributed by atoms with E-state index in [2.05, 4.69) is 10.1 Å². The first-order valence-corrected chi connectivity index (χ1v) is 8.62. The van der Waals surface area contributed by atoms with Crippen LogP contribution in [-0.2, 0) is 9.53 Å². The van der Waals surface area contributed by atoms with Crippen molar-refractivity contribution in [1.29, 1.82) is 0 Å². The molecule has 23 heavy (non-hydrogen) atoms. The van der Waals surface area contributed by atoms with Crippen LogP contribution < -0.4 is 0 Å². The van der Waals surface area contributed by atoms with Gasteiger partial charge in [0.05, 0.1) is 13.2 Å². The lowest BCUT2D eigenvalue weighted by molar-refractivity contribution is -0.140. The second-order valence-corrected chi connectivity index (χ2v) is 6.62. The zero-order valence-corrected chi connectivity index (χ0v) is 13.9. The average Bonchev–Trinajstić information content (AvgIpc) is 3.11. The van der Waals surface area contributed by atoms with Gasteiger partial charge in [0.2, 0.25) is 12.3 Å².